The van der Waals surface area contributed by atoms with E-state index >= 15 is 0 Å². The van der Waals surface area contributed by atoms with Crippen molar-refractivity contribution in [3.63, 3.8) is 0 Å². The van der Waals surface area contributed by atoms with Gasteiger partial charge in [0, 0.05) is 6.04 Å². The average Bonchev–Trinajstić information content (AvgIpc) is 2.38. The molecule has 1 saturated heterocycles. The van der Waals surface area contributed by atoms with Crippen LogP contribution in [0.2, 0.25) is 5.02 Å². The van der Waals surface area contributed by atoms with E-state index in [4.69, 9.17) is 27.8 Å². The van der Waals surface area contributed by atoms with Gasteiger partial charge in [-0.25, -0.2) is 4.39 Å². The molecule has 0 saturated carbocycles. The molecular formula is C13H19ClFN3O. The van der Waals surface area contributed by atoms with Gasteiger partial charge in [-0.2, -0.15) is 0 Å². The number of likely N-dealkylation sites (tertiary alicyclic amines) is 1. The summed E-state index contributed by atoms with van der Waals surface area (Å²) in [6, 6.07) is 1.70. The molecule has 4 nitrogen and oxygen atoms in total. The summed E-state index contributed by atoms with van der Waals surface area (Å²) in [5, 5.41) is -0.138. The maximum Gasteiger partial charge on any atom is 0.187 e. The van der Waals surface area contributed by atoms with E-state index in [2.05, 4.69) is 4.90 Å². The van der Waals surface area contributed by atoms with Crippen molar-refractivity contribution in [1.82, 2.24) is 4.90 Å². The van der Waals surface area contributed by atoms with Gasteiger partial charge in [-0.05, 0) is 32.5 Å². The van der Waals surface area contributed by atoms with Crippen LogP contribution in [0.25, 0.3) is 0 Å². The van der Waals surface area contributed by atoms with Gasteiger partial charge in [-0.1, -0.05) is 18.0 Å². The van der Waals surface area contributed by atoms with Crippen LogP contribution in [-0.2, 0) is 0 Å². The van der Waals surface area contributed by atoms with E-state index in [1.54, 1.807) is 0 Å². The Bertz CT molecular complexity index is 470. The smallest absolute Gasteiger partial charge is 0.187 e. The third-order valence-corrected chi connectivity index (χ3v) is 3.94. The Morgan fingerprint density at radius 1 is 1.42 bits per heavy atom. The Morgan fingerprint density at radius 3 is 2.84 bits per heavy atom. The molecule has 1 aromatic carbocycles. The molecule has 6 heteroatoms. The molecule has 0 aromatic heterocycles. The van der Waals surface area contributed by atoms with Crippen molar-refractivity contribution in [1.29, 1.82) is 0 Å². The molecule has 1 fully saturated rings. The first-order chi connectivity index (χ1) is 9.00. The van der Waals surface area contributed by atoms with Gasteiger partial charge >= 0.3 is 0 Å². The minimum Gasteiger partial charge on any atom is -0.487 e. The monoisotopic (exact) mass is 287 g/mol. The molecule has 1 unspecified atom stereocenters. The largest absolute Gasteiger partial charge is 0.487 e. The second-order valence-corrected chi connectivity index (χ2v) is 5.33. The summed E-state index contributed by atoms with van der Waals surface area (Å²) < 4.78 is 19.5. The van der Waals surface area contributed by atoms with Crippen LogP contribution in [0.5, 0.6) is 5.75 Å². The molecule has 0 spiro atoms. The highest BCUT2D eigenvalue weighted by Gasteiger charge is 2.22. The van der Waals surface area contributed by atoms with Gasteiger partial charge in [0.15, 0.2) is 11.6 Å². The van der Waals surface area contributed by atoms with Gasteiger partial charge in [-0.15, -0.1) is 0 Å². The molecule has 0 radical (unpaired) electrons. The predicted octanol–water partition coefficient (Wildman–Crippen LogP) is 2.51. The topological polar surface area (TPSA) is 64.5 Å². The third kappa shape index (κ3) is 3.04. The van der Waals surface area contributed by atoms with Crippen molar-refractivity contribution in [2.75, 3.05) is 31.7 Å². The van der Waals surface area contributed by atoms with Crippen LogP contribution in [0.15, 0.2) is 6.07 Å². The van der Waals surface area contributed by atoms with Crippen molar-refractivity contribution in [3.05, 3.63) is 16.9 Å². The molecule has 0 amide bonds. The Labute approximate surface area is 117 Å². The first kappa shape index (κ1) is 14.2. The molecule has 0 bridgehead atoms. The minimum atomic E-state index is -0.683. The van der Waals surface area contributed by atoms with Crippen LogP contribution < -0.4 is 16.2 Å². The van der Waals surface area contributed by atoms with Crippen LogP contribution in [0.4, 0.5) is 15.8 Å². The summed E-state index contributed by atoms with van der Waals surface area (Å²) in [6.07, 6.45) is 3.40. The fourth-order valence-electron chi connectivity index (χ4n) is 2.33. The molecule has 106 valence electrons. The number of piperidine rings is 1. The second-order valence-electron chi connectivity index (χ2n) is 4.95. The highest BCUT2D eigenvalue weighted by atomic mass is 35.5. The minimum absolute atomic E-state index is 0.00169. The third-order valence-electron chi connectivity index (χ3n) is 3.56. The summed E-state index contributed by atoms with van der Waals surface area (Å²) >= 11 is 5.76. The molecule has 1 heterocycles. The van der Waals surface area contributed by atoms with Gasteiger partial charge in [0.05, 0.1) is 11.4 Å². The first-order valence-electron chi connectivity index (χ1n) is 6.36. The van der Waals surface area contributed by atoms with Crippen molar-refractivity contribution < 1.29 is 9.13 Å². The van der Waals surface area contributed by atoms with Crippen molar-refractivity contribution in [2.45, 2.75) is 25.3 Å². The van der Waals surface area contributed by atoms with Gasteiger partial charge in [-0.3, -0.25) is 0 Å². The van der Waals surface area contributed by atoms with Gasteiger partial charge in [0.25, 0.3) is 0 Å². The number of hydrogen-bond donors (Lipinski definition) is 2. The zero-order valence-electron chi connectivity index (χ0n) is 11.0. The number of ether oxygens (including phenoxy) is 1. The number of nitrogen functional groups attached to an aromatic ring is 2. The normalized spacial score (nSPS) is 20.5. The summed E-state index contributed by atoms with van der Waals surface area (Å²) in [4.78, 5) is 2.22. The number of rotatable bonds is 3. The number of benzene rings is 1. The highest BCUT2D eigenvalue weighted by Crippen LogP contribution is 2.35. The summed E-state index contributed by atoms with van der Waals surface area (Å²) in [7, 11) is 2.04. The van der Waals surface area contributed by atoms with Crippen LogP contribution in [0.3, 0.4) is 0 Å². The summed E-state index contributed by atoms with van der Waals surface area (Å²) in [6.45, 7) is 1.44. The molecular weight excluding hydrogens is 269 g/mol. The Balaban J connectivity index is 2.09. The van der Waals surface area contributed by atoms with Gasteiger partial charge in [0.1, 0.15) is 11.6 Å². The lowest BCUT2D eigenvalue weighted by Crippen LogP contribution is -2.40. The average molecular weight is 288 g/mol. The molecule has 0 aliphatic carbocycles. The summed E-state index contributed by atoms with van der Waals surface area (Å²) in [5.41, 5.74) is 11.6. The number of anilines is 2. The fraction of sp³-hybridized carbons (Fsp3) is 0.538. The van der Waals surface area contributed by atoms with E-state index in [0.29, 0.717) is 6.61 Å². The molecule has 19 heavy (non-hydrogen) atoms. The molecule has 2 rings (SSSR count). The van der Waals surface area contributed by atoms with E-state index in [9.17, 15) is 4.39 Å². The van der Waals surface area contributed by atoms with E-state index in [1.807, 2.05) is 7.05 Å². The first-order valence-corrected chi connectivity index (χ1v) is 6.74. The highest BCUT2D eigenvalue weighted by molar-refractivity contribution is 6.33. The van der Waals surface area contributed by atoms with E-state index in [0.717, 1.165) is 13.0 Å². The van der Waals surface area contributed by atoms with Crippen LogP contribution >= 0.6 is 11.6 Å². The molecule has 1 aliphatic heterocycles. The molecule has 1 aromatic rings. The van der Waals surface area contributed by atoms with E-state index < -0.39 is 5.82 Å². The number of likely N-dealkylation sites (N-methyl/N-ethyl adjacent to an activating group) is 1. The van der Waals surface area contributed by atoms with E-state index in [-0.39, 0.29) is 28.2 Å². The SMILES string of the molecule is CN1CCCCC1COc1c(N)cc(N)c(Cl)c1F. The number of halogens is 2. The number of hydrogen-bond acceptors (Lipinski definition) is 4. The van der Waals surface area contributed by atoms with Crippen LogP contribution in [0, 0.1) is 5.82 Å². The number of nitrogens with two attached hydrogens (primary N) is 2. The quantitative estimate of drug-likeness (QED) is 0.839. The second kappa shape index (κ2) is 5.84. The Kier molecular flexibility index (Phi) is 4.37. The van der Waals surface area contributed by atoms with Crippen molar-refractivity contribution in [2.24, 2.45) is 0 Å². The fourth-order valence-corrected chi connectivity index (χ4v) is 2.47. The zero-order chi connectivity index (χ0) is 14.0. The zero-order valence-corrected chi connectivity index (χ0v) is 11.7. The standard InChI is InChI=1S/C13H19ClFN3O/c1-18-5-3-2-4-8(18)7-19-13-10(17)6-9(16)11(14)12(13)15/h6,8H,2-5,7,16-17H2,1H3. The molecule has 4 N–H and O–H groups in total. The van der Waals surface area contributed by atoms with Gasteiger partial charge < -0.3 is 21.1 Å². The van der Waals surface area contributed by atoms with Crippen molar-refractivity contribution in [3.8, 4) is 5.75 Å². The van der Waals surface area contributed by atoms with Crippen molar-refractivity contribution >= 4 is 23.0 Å². The lowest BCUT2D eigenvalue weighted by molar-refractivity contribution is 0.123. The molecule has 1 atom stereocenters. The summed E-state index contributed by atoms with van der Waals surface area (Å²) in [5.74, 6) is -0.684. The van der Waals surface area contributed by atoms with E-state index in [1.165, 1.54) is 18.9 Å². The maximum atomic E-state index is 13.9. The molecule has 1 aliphatic rings. The Hall–Kier alpha value is -1.20. The predicted molar refractivity (Wildman–Crippen MR) is 76.0 cm³/mol. The number of nitrogens with zero attached hydrogens (tertiary/aromatic N) is 1. The lowest BCUT2D eigenvalue weighted by Gasteiger charge is -2.32. The van der Waals surface area contributed by atoms with Crippen LogP contribution in [-0.4, -0.2) is 31.1 Å². The van der Waals surface area contributed by atoms with Gasteiger partial charge in [0.2, 0.25) is 0 Å². The Morgan fingerprint density at radius 2 is 2.16 bits per heavy atom. The lowest BCUT2D eigenvalue weighted by atomic mass is 10.0. The van der Waals surface area contributed by atoms with Crippen LogP contribution in [0.1, 0.15) is 19.3 Å². The maximum absolute atomic E-state index is 13.9.